The highest BCUT2D eigenvalue weighted by Crippen LogP contribution is 2.25. The summed E-state index contributed by atoms with van der Waals surface area (Å²) in [5, 5.41) is 4.23. The van der Waals surface area contributed by atoms with Gasteiger partial charge in [-0.15, -0.1) is 11.3 Å². The highest BCUT2D eigenvalue weighted by Gasteiger charge is 2.12. The van der Waals surface area contributed by atoms with Crippen LogP contribution in [-0.2, 0) is 6.54 Å². The smallest absolute Gasteiger partial charge is 0.0677 e. The Morgan fingerprint density at radius 1 is 1.53 bits per heavy atom. The Labute approximate surface area is 93.5 Å². The molecule has 0 fully saturated rings. The molecular weight excluding hydrogens is 206 g/mol. The van der Waals surface area contributed by atoms with E-state index in [1.807, 2.05) is 17.1 Å². The van der Waals surface area contributed by atoms with E-state index in [4.69, 9.17) is 5.73 Å². The summed E-state index contributed by atoms with van der Waals surface area (Å²) in [6, 6.07) is 4.15. The summed E-state index contributed by atoms with van der Waals surface area (Å²) in [5.41, 5.74) is 7.24. The van der Waals surface area contributed by atoms with Crippen molar-refractivity contribution in [1.82, 2.24) is 9.78 Å². The lowest BCUT2D eigenvalue weighted by Gasteiger charge is -2.05. The van der Waals surface area contributed by atoms with Crippen LogP contribution in [0.25, 0.3) is 0 Å². The normalized spacial score (nSPS) is 13.0. The first-order valence-electron chi connectivity index (χ1n) is 5.05. The third-order valence-electron chi connectivity index (χ3n) is 2.40. The standard InChI is InChI=1S/C11H15N3S/c1-3-14-7-9(6-13-14)11(12)10-5-4-8(2)15-10/h4-7,11H,3,12H2,1-2H3. The molecule has 0 saturated heterocycles. The van der Waals surface area contributed by atoms with Crippen LogP contribution in [0.3, 0.4) is 0 Å². The summed E-state index contributed by atoms with van der Waals surface area (Å²) in [5.74, 6) is 0. The highest BCUT2D eigenvalue weighted by molar-refractivity contribution is 7.12. The quantitative estimate of drug-likeness (QED) is 0.864. The molecule has 0 saturated carbocycles. The second-order valence-electron chi connectivity index (χ2n) is 3.56. The minimum atomic E-state index is -0.0380. The molecule has 2 aromatic rings. The minimum absolute atomic E-state index is 0.0380. The van der Waals surface area contributed by atoms with Gasteiger partial charge in [-0.05, 0) is 26.0 Å². The molecule has 0 aliphatic rings. The third kappa shape index (κ3) is 2.11. The molecule has 15 heavy (non-hydrogen) atoms. The molecule has 3 nitrogen and oxygen atoms in total. The zero-order valence-corrected chi connectivity index (χ0v) is 9.79. The van der Waals surface area contributed by atoms with Gasteiger partial charge in [-0.1, -0.05) is 0 Å². The second kappa shape index (κ2) is 4.16. The van der Waals surface area contributed by atoms with Crippen LogP contribution in [0.5, 0.6) is 0 Å². The van der Waals surface area contributed by atoms with E-state index < -0.39 is 0 Å². The van der Waals surface area contributed by atoms with Crippen LogP contribution >= 0.6 is 11.3 Å². The van der Waals surface area contributed by atoms with Crippen LogP contribution in [0, 0.1) is 6.92 Å². The van der Waals surface area contributed by atoms with Crippen LogP contribution in [0.1, 0.15) is 28.3 Å². The maximum absolute atomic E-state index is 6.15. The summed E-state index contributed by atoms with van der Waals surface area (Å²) in [7, 11) is 0. The molecule has 1 atom stereocenters. The van der Waals surface area contributed by atoms with Gasteiger partial charge in [0.25, 0.3) is 0 Å². The lowest BCUT2D eigenvalue weighted by molar-refractivity contribution is 0.658. The van der Waals surface area contributed by atoms with E-state index in [1.54, 1.807) is 11.3 Å². The van der Waals surface area contributed by atoms with Crippen LogP contribution in [0.15, 0.2) is 24.5 Å². The van der Waals surface area contributed by atoms with Gasteiger partial charge in [-0.3, -0.25) is 4.68 Å². The van der Waals surface area contributed by atoms with Crippen LogP contribution in [0.4, 0.5) is 0 Å². The van der Waals surface area contributed by atoms with Crippen molar-refractivity contribution in [3.8, 4) is 0 Å². The number of hydrogen-bond acceptors (Lipinski definition) is 3. The number of rotatable bonds is 3. The van der Waals surface area contributed by atoms with Gasteiger partial charge in [0, 0.05) is 28.1 Å². The Kier molecular flexibility index (Phi) is 2.88. The lowest BCUT2D eigenvalue weighted by Crippen LogP contribution is -2.09. The average molecular weight is 221 g/mol. The van der Waals surface area contributed by atoms with Gasteiger partial charge >= 0.3 is 0 Å². The van der Waals surface area contributed by atoms with Gasteiger partial charge < -0.3 is 5.73 Å². The minimum Gasteiger partial charge on any atom is -0.320 e. The summed E-state index contributed by atoms with van der Waals surface area (Å²) < 4.78 is 1.90. The second-order valence-corrected chi connectivity index (χ2v) is 4.87. The first-order valence-corrected chi connectivity index (χ1v) is 5.86. The number of nitrogens with two attached hydrogens (primary N) is 1. The van der Waals surface area contributed by atoms with E-state index >= 15 is 0 Å². The first-order chi connectivity index (χ1) is 7.20. The fraction of sp³-hybridized carbons (Fsp3) is 0.364. The van der Waals surface area contributed by atoms with Crippen molar-refractivity contribution >= 4 is 11.3 Å². The van der Waals surface area contributed by atoms with Crippen LogP contribution in [-0.4, -0.2) is 9.78 Å². The molecule has 2 rings (SSSR count). The van der Waals surface area contributed by atoms with E-state index in [2.05, 4.69) is 31.1 Å². The Hall–Kier alpha value is -1.13. The fourth-order valence-electron chi connectivity index (χ4n) is 1.50. The molecule has 0 bridgehead atoms. The lowest BCUT2D eigenvalue weighted by atomic mass is 10.1. The molecule has 0 spiro atoms. The zero-order valence-electron chi connectivity index (χ0n) is 8.97. The van der Waals surface area contributed by atoms with Crippen LogP contribution < -0.4 is 5.73 Å². The molecule has 2 aromatic heterocycles. The molecule has 80 valence electrons. The molecular formula is C11H15N3S. The summed E-state index contributed by atoms with van der Waals surface area (Å²) in [4.78, 5) is 2.49. The summed E-state index contributed by atoms with van der Waals surface area (Å²) >= 11 is 1.75. The Balaban J connectivity index is 2.23. The third-order valence-corrected chi connectivity index (χ3v) is 3.49. The van der Waals surface area contributed by atoms with Crippen molar-refractivity contribution in [2.75, 3.05) is 0 Å². The van der Waals surface area contributed by atoms with Crippen molar-refractivity contribution in [3.63, 3.8) is 0 Å². The molecule has 0 radical (unpaired) electrons. The van der Waals surface area contributed by atoms with Crippen molar-refractivity contribution < 1.29 is 0 Å². The Morgan fingerprint density at radius 3 is 2.87 bits per heavy atom. The first kappa shape index (κ1) is 10.4. The fourth-order valence-corrected chi connectivity index (χ4v) is 2.40. The maximum atomic E-state index is 6.15. The van der Waals surface area contributed by atoms with E-state index in [0.29, 0.717) is 0 Å². The van der Waals surface area contributed by atoms with E-state index in [0.717, 1.165) is 12.1 Å². The predicted molar refractivity (Wildman–Crippen MR) is 63.0 cm³/mol. The van der Waals surface area contributed by atoms with Crippen LogP contribution in [0.2, 0.25) is 0 Å². The molecule has 0 amide bonds. The average Bonchev–Trinajstić information content (AvgIpc) is 2.84. The van der Waals surface area contributed by atoms with Crippen molar-refractivity contribution in [3.05, 3.63) is 39.8 Å². The van der Waals surface area contributed by atoms with Gasteiger partial charge in [0.15, 0.2) is 0 Å². The molecule has 0 aliphatic carbocycles. The molecule has 2 heterocycles. The molecule has 1 unspecified atom stereocenters. The number of nitrogens with zero attached hydrogens (tertiary/aromatic N) is 2. The Bertz CT molecular complexity index is 444. The summed E-state index contributed by atoms with van der Waals surface area (Å²) in [6.45, 7) is 5.05. The van der Waals surface area contributed by atoms with Crippen molar-refractivity contribution in [2.24, 2.45) is 5.73 Å². The Morgan fingerprint density at radius 2 is 2.33 bits per heavy atom. The van der Waals surface area contributed by atoms with E-state index in [1.165, 1.54) is 9.75 Å². The van der Waals surface area contributed by atoms with Gasteiger partial charge in [-0.25, -0.2) is 0 Å². The number of hydrogen-bond donors (Lipinski definition) is 1. The number of aryl methyl sites for hydroxylation is 2. The monoisotopic (exact) mass is 221 g/mol. The van der Waals surface area contributed by atoms with Gasteiger partial charge in [-0.2, -0.15) is 5.10 Å². The summed E-state index contributed by atoms with van der Waals surface area (Å²) in [6.07, 6.45) is 3.86. The molecule has 0 aliphatic heterocycles. The SMILES string of the molecule is CCn1cc(C(N)c2ccc(C)s2)cn1. The van der Waals surface area contributed by atoms with Gasteiger partial charge in [0.05, 0.1) is 12.2 Å². The zero-order chi connectivity index (χ0) is 10.8. The maximum Gasteiger partial charge on any atom is 0.0677 e. The predicted octanol–water partition coefficient (Wildman–Crippen LogP) is 2.32. The van der Waals surface area contributed by atoms with Gasteiger partial charge in [0.1, 0.15) is 0 Å². The molecule has 2 N–H and O–H groups in total. The van der Waals surface area contributed by atoms with E-state index in [-0.39, 0.29) is 6.04 Å². The van der Waals surface area contributed by atoms with Gasteiger partial charge in [0.2, 0.25) is 0 Å². The molecule has 0 aromatic carbocycles. The van der Waals surface area contributed by atoms with Crippen molar-refractivity contribution in [2.45, 2.75) is 26.4 Å². The highest BCUT2D eigenvalue weighted by atomic mass is 32.1. The topological polar surface area (TPSA) is 43.8 Å². The number of aromatic nitrogens is 2. The largest absolute Gasteiger partial charge is 0.320 e. The van der Waals surface area contributed by atoms with E-state index in [9.17, 15) is 0 Å². The van der Waals surface area contributed by atoms with Crippen molar-refractivity contribution in [1.29, 1.82) is 0 Å². The number of thiophene rings is 1. The molecule has 4 heteroatoms.